The number of hydrogen-bond acceptors (Lipinski definition) is 5. The molecular formula is C23H29ClF3N3O3. The summed E-state index contributed by atoms with van der Waals surface area (Å²) in [6.07, 6.45) is -1.19. The molecule has 1 heterocycles. The zero-order valence-electron chi connectivity index (χ0n) is 18.9. The fourth-order valence-electron chi connectivity index (χ4n) is 3.89. The second-order valence-corrected chi connectivity index (χ2v) is 8.51. The molecule has 2 atom stereocenters. The van der Waals surface area contributed by atoms with Crippen molar-refractivity contribution in [2.75, 3.05) is 20.3 Å². The lowest BCUT2D eigenvalue weighted by molar-refractivity contribution is -0.192. The minimum absolute atomic E-state index is 0.611. The second-order valence-electron chi connectivity index (χ2n) is 8.07. The molecule has 1 aromatic carbocycles. The zero-order chi connectivity index (χ0) is 24.6. The van der Waals surface area contributed by atoms with Gasteiger partial charge >= 0.3 is 12.1 Å². The van der Waals surface area contributed by atoms with Crippen molar-refractivity contribution in [3.05, 3.63) is 46.7 Å². The fraction of sp³-hybridized carbons (Fsp3) is 0.522. The first-order valence-corrected chi connectivity index (χ1v) is 11.0. The van der Waals surface area contributed by atoms with Crippen LogP contribution in [0.25, 0.3) is 11.4 Å². The number of carboxylic acids is 1. The van der Waals surface area contributed by atoms with Crippen molar-refractivity contribution in [3.63, 3.8) is 0 Å². The molecule has 2 unspecified atom stereocenters. The van der Waals surface area contributed by atoms with Crippen molar-refractivity contribution >= 4 is 17.6 Å². The molecule has 1 N–H and O–H groups in total. The van der Waals surface area contributed by atoms with Crippen LogP contribution in [0.2, 0.25) is 5.02 Å². The lowest BCUT2D eigenvalue weighted by atomic mass is 10.0. The second kappa shape index (κ2) is 12.3. The first-order valence-electron chi connectivity index (χ1n) is 10.6. The molecule has 0 amide bonds. The minimum Gasteiger partial charge on any atom is -0.475 e. The van der Waals surface area contributed by atoms with E-state index in [4.69, 9.17) is 31.2 Å². The maximum absolute atomic E-state index is 10.6. The monoisotopic (exact) mass is 487 g/mol. The number of aliphatic carboxylic acids is 1. The van der Waals surface area contributed by atoms with Crippen molar-refractivity contribution in [1.29, 1.82) is 0 Å². The number of halogens is 4. The van der Waals surface area contributed by atoms with Crippen LogP contribution in [-0.4, -0.2) is 58.4 Å². The number of carbonyl (C=O) groups is 1. The molecule has 2 aromatic rings. The predicted octanol–water partition coefficient (Wildman–Crippen LogP) is 5.38. The first kappa shape index (κ1) is 27.0. The molecule has 1 aliphatic rings. The standard InChI is InChI=1S/C21H28ClN3O.C2HF3O2/c1-15-5-4-6-20(15)25(11-12-26-3)14-19-13-16(2)23-21(24-19)17-7-9-18(22)10-8-17;3-2(4,5)1(6)7/h7-10,13,15,20H,4-6,11-12,14H2,1-3H3;(H,6,7). The molecule has 0 radical (unpaired) electrons. The van der Waals surface area contributed by atoms with Crippen LogP contribution in [0.4, 0.5) is 13.2 Å². The van der Waals surface area contributed by atoms with Crippen molar-refractivity contribution in [2.24, 2.45) is 5.92 Å². The molecule has 6 nitrogen and oxygen atoms in total. The van der Waals surface area contributed by atoms with Gasteiger partial charge in [-0.25, -0.2) is 14.8 Å². The molecule has 10 heteroatoms. The number of alkyl halides is 3. The number of hydrogen-bond donors (Lipinski definition) is 1. The van der Waals surface area contributed by atoms with Gasteiger partial charge in [-0.05, 0) is 56.0 Å². The Hall–Kier alpha value is -2.23. The molecule has 0 aliphatic heterocycles. The van der Waals surface area contributed by atoms with E-state index in [1.165, 1.54) is 19.3 Å². The highest BCUT2D eigenvalue weighted by Gasteiger charge is 2.38. The Labute approximate surface area is 196 Å². The zero-order valence-corrected chi connectivity index (χ0v) is 19.7. The van der Waals surface area contributed by atoms with E-state index < -0.39 is 12.1 Å². The van der Waals surface area contributed by atoms with Crippen LogP contribution < -0.4 is 0 Å². The average Bonchev–Trinajstić information content (AvgIpc) is 3.16. The van der Waals surface area contributed by atoms with E-state index in [1.807, 2.05) is 31.2 Å². The molecule has 182 valence electrons. The number of benzene rings is 1. The van der Waals surface area contributed by atoms with E-state index >= 15 is 0 Å². The maximum atomic E-state index is 10.6. The summed E-state index contributed by atoms with van der Waals surface area (Å²) < 4.78 is 37.1. The SMILES string of the molecule is COCCN(Cc1cc(C)nc(-c2ccc(Cl)cc2)n1)C1CCCC1C.O=C(O)C(F)(F)F. The van der Waals surface area contributed by atoms with E-state index in [0.29, 0.717) is 6.04 Å². The summed E-state index contributed by atoms with van der Waals surface area (Å²) in [7, 11) is 1.77. The Bertz CT molecular complexity index is 910. The molecule has 0 saturated heterocycles. The predicted molar refractivity (Wildman–Crippen MR) is 120 cm³/mol. The maximum Gasteiger partial charge on any atom is 0.490 e. The summed E-state index contributed by atoms with van der Waals surface area (Å²) in [4.78, 5) is 20.9. The van der Waals surface area contributed by atoms with Crippen LogP contribution in [0.1, 0.15) is 37.6 Å². The van der Waals surface area contributed by atoms with Gasteiger partial charge in [-0.3, -0.25) is 4.90 Å². The van der Waals surface area contributed by atoms with Crippen LogP contribution in [0.5, 0.6) is 0 Å². The Morgan fingerprint density at radius 3 is 2.39 bits per heavy atom. The molecule has 33 heavy (non-hydrogen) atoms. The van der Waals surface area contributed by atoms with Gasteiger partial charge in [0.05, 0.1) is 12.3 Å². The number of nitrogens with zero attached hydrogens (tertiary/aromatic N) is 3. The van der Waals surface area contributed by atoms with Crippen molar-refractivity contribution in [2.45, 2.75) is 51.9 Å². The number of ether oxygens (including phenoxy) is 1. The van der Waals surface area contributed by atoms with E-state index in [-0.39, 0.29) is 0 Å². The van der Waals surface area contributed by atoms with Crippen molar-refractivity contribution in [3.8, 4) is 11.4 Å². The van der Waals surface area contributed by atoms with Gasteiger partial charge in [0.1, 0.15) is 0 Å². The molecule has 3 rings (SSSR count). The summed E-state index contributed by atoms with van der Waals surface area (Å²) in [5, 5.41) is 7.85. The highest BCUT2D eigenvalue weighted by molar-refractivity contribution is 6.30. The summed E-state index contributed by atoms with van der Waals surface area (Å²) in [6.45, 7) is 6.91. The van der Waals surface area contributed by atoms with Gasteiger partial charge in [-0.1, -0.05) is 24.9 Å². The van der Waals surface area contributed by atoms with Crippen LogP contribution in [0.15, 0.2) is 30.3 Å². The number of aromatic nitrogens is 2. The topological polar surface area (TPSA) is 75.5 Å². The van der Waals surface area contributed by atoms with Crippen LogP contribution in [0, 0.1) is 12.8 Å². The summed E-state index contributed by atoms with van der Waals surface area (Å²) in [6, 6.07) is 10.4. The van der Waals surface area contributed by atoms with Crippen LogP contribution in [-0.2, 0) is 16.1 Å². The van der Waals surface area contributed by atoms with Gasteiger partial charge in [0, 0.05) is 42.5 Å². The number of methoxy groups -OCH3 is 1. The molecule has 0 bridgehead atoms. The van der Waals surface area contributed by atoms with E-state index in [2.05, 4.69) is 22.9 Å². The largest absolute Gasteiger partial charge is 0.490 e. The third-order valence-electron chi connectivity index (χ3n) is 5.49. The van der Waals surface area contributed by atoms with Gasteiger partial charge in [-0.15, -0.1) is 0 Å². The normalized spacial score (nSPS) is 18.2. The Kier molecular flexibility index (Phi) is 10.1. The summed E-state index contributed by atoms with van der Waals surface area (Å²) >= 11 is 6.01. The van der Waals surface area contributed by atoms with E-state index in [0.717, 1.165) is 53.4 Å². The molecule has 1 aliphatic carbocycles. The molecule has 1 aromatic heterocycles. The van der Waals surface area contributed by atoms with Gasteiger partial charge in [0.2, 0.25) is 0 Å². The molecular weight excluding hydrogens is 459 g/mol. The first-order chi connectivity index (χ1) is 15.5. The van der Waals surface area contributed by atoms with Gasteiger partial charge in [-0.2, -0.15) is 13.2 Å². The van der Waals surface area contributed by atoms with Gasteiger partial charge in [0.25, 0.3) is 0 Å². The van der Waals surface area contributed by atoms with Gasteiger partial charge in [0.15, 0.2) is 5.82 Å². The molecule has 1 fully saturated rings. The minimum atomic E-state index is -5.08. The lowest BCUT2D eigenvalue weighted by Gasteiger charge is -2.31. The highest BCUT2D eigenvalue weighted by atomic mass is 35.5. The van der Waals surface area contributed by atoms with E-state index in [1.54, 1.807) is 7.11 Å². The van der Waals surface area contributed by atoms with Crippen LogP contribution >= 0.6 is 11.6 Å². The molecule has 1 saturated carbocycles. The summed E-state index contributed by atoms with van der Waals surface area (Å²) in [5.41, 5.74) is 3.06. The van der Waals surface area contributed by atoms with Crippen LogP contribution in [0.3, 0.4) is 0 Å². The number of carboxylic acid groups (broad SMARTS) is 1. The number of rotatable bonds is 7. The average molecular weight is 488 g/mol. The Balaban J connectivity index is 0.000000479. The Morgan fingerprint density at radius 2 is 1.88 bits per heavy atom. The van der Waals surface area contributed by atoms with Crippen molar-refractivity contribution in [1.82, 2.24) is 14.9 Å². The van der Waals surface area contributed by atoms with Crippen molar-refractivity contribution < 1.29 is 27.8 Å². The lowest BCUT2D eigenvalue weighted by Crippen LogP contribution is -2.39. The smallest absolute Gasteiger partial charge is 0.475 e. The summed E-state index contributed by atoms with van der Waals surface area (Å²) in [5.74, 6) is -1.26. The molecule has 0 spiro atoms. The quantitative estimate of drug-likeness (QED) is 0.565. The van der Waals surface area contributed by atoms with E-state index in [9.17, 15) is 13.2 Å². The Morgan fingerprint density at radius 1 is 1.24 bits per heavy atom. The van der Waals surface area contributed by atoms with Gasteiger partial charge < -0.3 is 9.84 Å². The number of aryl methyl sites for hydroxylation is 1. The third-order valence-corrected chi connectivity index (χ3v) is 5.74. The third kappa shape index (κ3) is 8.57. The fourth-order valence-corrected chi connectivity index (χ4v) is 4.02. The highest BCUT2D eigenvalue weighted by Crippen LogP contribution is 2.30.